The molecule has 1 atom stereocenters. The van der Waals surface area contributed by atoms with Gasteiger partial charge < -0.3 is 5.32 Å². The van der Waals surface area contributed by atoms with E-state index in [4.69, 9.17) is 0 Å². The molecule has 0 aromatic heterocycles. The summed E-state index contributed by atoms with van der Waals surface area (Å²) in [5.74, 6) is 1.26. The number of nitrogens with one attached hydrogen (secondary N) is 1. The van der Waals surface area contributed by atoms with Crippen LogP contribution in [0.2, 0.25) is 0 Å². The normalized spacial score (nSPS) is 14.1. The Kier molecular flexibility index (Phi) is 8.06. The van der Waals surface area contributed by atoms with Gasteiger partial charge >= 0.3 is 0 Å². The minimum Gasteiger partial charge on any atom is -0.319 e. The average Bonchev–Trinajstić information content (AvgIpc) is 2.18. The predicted octanol–water partition coefficient (Wildman–Crippen LogP) is 1.84. The number of hydrogen-bond acceptors (Lipinski definition) is 3. The van der Waals surface area contributed by atoms with E-state index in [2.05, 4.69) is 12.2 Å². The molecule has 0 aromatic carbocycles. The molecular weight excluding hydrogens is 210 g/mol. The van der Waals surface area contributed by atoms with E-state index in [1.165, 1.54) is 12.8 Å². The van der Waals surface area contributed by atoms with E-state index in [9.17, 15) is 8.42 Å². The van der Waals surface area contributed by atoms with Crippen molar-refractivity contribution in [2.24, 2.45) is 5.92 Å². The molecule has 1 unspecified atom stereocenters. The van der Waals surface area contributed by atoms with Crippen LogP contribution < -0.4 is 5.32 Å². The molecule has 92 valence electrons. The van der Waals surface area contributed by atoms with Gasteiger partial charge in [-0.2, -0.15) is 0 Å². The maximum absolute atomic E-state index is 11.3. The topological polar surface area (TPSA) is 46.2 Å². The fourth-order valence-corrected chi connectivity index (χ4v) is 2.68. The third kappa shape index (κ3) is 7.79. The summed E-state index contributed by atoms with van der Waals surface area (Å²) in [5.41, 5.74) is 0. The Labute approximate surface area is 94.6 Å². The Bertz CT molecular complexity index is 231. The first-order chi connectivity index (χ1) is 7.05. The summed E-state index contributed by atoms with van der Waals surface area (Å²) in [6.07, 6.45) is 4.19. The lowest BCUT2D eigenvalue weighted by Crippen LogP contribution is -2.20. The zero-order chi connectivity index (χ0) is 11.7. The summed E-state index contributed by atoms with van der Waals surface area (Å²) < 4.78 is 22.6. The Hall–Kier alpha value is -0.0900. The van der Waals surface area contributed by atoms with Crippen LogP contribution in [0, 0.1) is 5.92 Å². The van der Waals surface area contributed by atoms with Gasteiger partial charge in [0.1, 0.15) is 9.84 Å². The second-order valence-corrected chi connectivity index (χ2v) is 6.56. The predicted molar refractivity (Wildman–Crippen MR) is 65.9 cm³/mol. The van der Waals surface area contributed by atoms with Crippen molar-refractivity contribution in [2.75, 3.05) is 25.1 Å². The van der Waals surface area contributed by atoms with E-state index in [0.29, 0.717) is 11.7 Å². The van der Waals surface area contributed by atoms with Crippen molar-refractivity contribution in [1.29, 1.82) is 0 Å². The molecule has 0 heterocycles. The zero-order valence-electron chi connectivity index (χ0n) is 10.3. The molecular formula is C11H25NO2S. The molecule has 0 fully saturated rings. The van der Waals surface area contributed by atoms with E-state index in [0.717, 1.165) is 19.4 Å². The van der Waals surface area contributed by atoms with Crippen LogP contribution in [0.4, 0.5) is 0 Å². The number of sulfone groups is 1. The molecule has 0 saturated carbocycles. The van der Waals surface area contributed by atoms with Gasteiger partial charge in [0.2, 0.25) is 0 Å². The van der Waals surface area contributed by atoms with Crippen LogP contribution in [0.1, 0.15) is 39.5 Å². The van der Waals surface area contributed by atoms with Crippen molar-refractivity contribution < 1.29 is 8.42 Å². The van der Waals surface area contributed by atoms with Crippen LogP contribution in [0.15, 0.2) is 0 Å². The maximum Gasteiger partial charge on any atom is 0.150 e. The Balaban J connectivity index is 3.79. The van der Waals surface area contributed by atoms with Crippen molar-refractivity contribution >= 4 is 9.84 Å². The van der Waals surface area contributed by atoms with Crippen molar-refractivity contribution in [2.45, 2.75) is 39.5 Å². The molecule has 0 radical (unpaired) electrons. The van der Waals surface area contributed by atoms with Crippen molar-refractivity contribution in [3.8, 4) is 0 Å². The zero-order valence-corrected chi connectivity index (χ0v) is 11.1. The Morgan fingerprint density at radius 1 is 1.20 bits per heavy atom. The lowest BCUT2D eigenvalue weighted by molar-refractivity contribution is 0.424. The van der Waals surface area contributed by atoms with Gasteiger partial charge in [-0.1, -0.05) is 20.3 Å². The van der Waals surface area contributed by atoms with E-state index in [1.54, 1.807) is 6.92 Å². The van der Waals surface area contributed by atoms with Gasteiger partial charge in [0.05, 0.1) is 5.75 Å². The number of hydrogen-bond donors (Lipinski definition) is 1. The van der Waals surface area contributed by atoms with Crippen LogP contribution in [0.25, 0.3) is 0 Å². The van der Waals surface area contributed by atoms with Crippen LogP contribution in [0.3, 0.4) is 0 Å². The lowest BCUT2D eigenvalue weighted by atomic mass is 9.98. The molecule has 0 rings (SSSR count). The summed E-state index contributed by atoms with van der Waals surface area (Å²) in [6.45, 7) is 4.89. The third-order valence-corrected chi connectivity index (χ3v) is 4.49. The molecule has 0 aromatic rings. The smallest absolute Gasteiger partial charge is 0.150 e. The molecule has 0 amide bonds. The first-order valence-corrected chi connectivity index (χ1v) is 7.72. The summed E-state index contributed by atoms with van der Waals surface area (Å²) in [6, 6.07) is 0. The fraction of sp³-hybridized carbons (Fsp3) is 1.00. The minimum absolute atomic E-state index is 0.275. The highest BCUT2D eigenvalue weighted by Crippen LogP contribution is 2.13. The third-order valence-electron chi connectivity index (χ3n) is 2.70. The van der Waals surface area contributed by atoms with Crippen molar-refractivity contribution in [3.05, 3.63) is 0 Å². The SMILES string of the molecule is CCCC(CCCS(=O)(=O)CC)CNC. The highest BCUT2D eigenvalue weighted by atomic mass is 32.2. The molecule has 0 saturated heterocycles. The van der Waals surface area contributed by atoms with Crippen LogP contribution in [0.5, 0.6) is 0 Å². The summed E-state index contributed by atoms with van der Waals surface area (Å²) >= 11 is 0. The molecule has 0 aliphatic rings. The van der Waals surface area contributed by atoms with Crippen LogP contribution >= 0.6 is 0 Å². The molecule has 1 N–H and O–H groups in total. The van der Waals surface area contributed by atoms with Crippen LogP contribution in [-0.2, 0) is 9.84 Å². The standard InChI is InChI=1S/C11H25NO2S/c1-4-7-11(10-12-3)8-6-9-15(13,14)5-2/h11-12H,4-10H2,1-3H3. The monoisotopic (exact) mass is 235 g/mol. The largest absolute Gasteiger partial charge is 0.319 e. The lowest BCUT2D eigenvalue weighted by Gasteiger charge is -2.15. The number of rotatable bonds is 9. The molecule has 0 spiro atoms. The minimum atomic E-state index is -2.77. The Morgan fingerprint density at radius 3 is 2.33 bits per heavy atom. The van der Waals surface area contributed by atoms with Gasteiger partial charge in [0, 0.05) is 5.75 Å². The Morgan fingerprint density at radius 2 is 1.87 bits per heavy atom. The molecule has 0 aliphatic carbocycles. The maximum atomic E-state index is 11.3. The summed E-state index contributed by atoms with van der Waals surface area (Å²) in [5, 5.41) is 3.16. The molecule has 3 nitrogen and oxygen atoms in total. The quantitative estimate of drug-likeness (QED) is 0.663. The van der Waals surface area contributed by atoms with Gasteiger partial charge in [-0.25, -0.2) is 8.42 Å². The second kappa shape index (κ2) is 8.11. The van der Waals surface area contributed by atoms with Crippen molar-refractivity contribution in [1.82, 2.24) is 5.32 Å². The summed E-state index contributed by atoms with van der Waals surface area (Å²) in [7, 11) is -0.816. The highest BCUT2D eigenvalue weighted by molar-refractivity contribution is 7.91. The second-order valence-electron chi connectivity index (χ2n) is 4.09. The molecule has 0 bridgehead atoms. The van der Waals surface area contributed by atoms with E-state index >= 15 is 0 Å². The average molecular weight is 235 g/mol. The first kappa shape index (κ1) is 14.9. The van der Waals surface area contributed by atoms with Crippen LogP contribution in [-0.4, -0.2) is 33.5 Å². The van der Waals surface area contributed by atoms with Gasteiger partial charge in [-0.05, 0) is 38.8 Å². The summed E-state index contributed by atoms with van der Waals surface area (Å²) in [4.78, 5) is 0. The van der Waals surface area contributed by atoms with Gasteiger partial charge in [-0.15, -0.1) is 0 Å². The van der Waals surface area contributed by atoms with Crippen molar-refractivity contribution in [3.63, 3.8) is 0 Å². The molecule has 15 heavy (non-hydrogen) atoms. The van der Waals surface area contributed by atoms with Gasteiger partial charge in [0.15, 0.2) is 0 Å². The first-order valence-electron chi connectivity index (χ1n) is 5.90. The molecule has 0 aliphatic heterocycles. The van der Waals surface area contributed by atoms with Gasteiger partial charge in [-0.3, -0.25) is 0 Å². The fourth-order valence-electron chi connectivity index (χ4n) is 1.78. The van der Waals surface area contributed by atoms with E-state index in [1.807, 2.05) is 7.05 Å². The van der Waals surface area contributed by atoms with E-state index in [-0.39, 0.29) is 5.75 Å². The molecule has 4 heteroatoms. The van der Waals surface area contributed by atoms with Gasteiger partial charge in [0.25, 0.3) is 0 Å². The highest BCUT2D eigenvalue weighted by Gasteiger charge is 2.10. The van der Waals surface area contributed by atoms with E-state index < -0.39 is 9.84 Å².